The number of amides is 5. The first-order chi connectivity index (χ1) is 28.6. The lowest BCUT2D eigenvalue weighted by Crippen LogP contribution is -2.59. The van der Waals surface area contributed by atoms with E-state index >= 15 is 0 Å². The van der Waals surface area contributed by atoms with Gasteiger partial charge in [-0.25, -0.2) is 4.79 Å². The van der Waals surface area contributed by atoms with Crippen LogP contribution in [0.3, 0.4) is 0 Å². The zero-order chi connectivity index (χ0) is 47.7. The van der Waals surface area contributed by atoms with Crippen molar-refractivity contribution in [1.82, 2.24) is 26.2 Å². The topological polar surface area (TPSA) is 276 Å². The number of hydrogen-bond acceptors (Lipinski definition) is 12. The molecule has 0 radical (unpaired) electrons. The van der Waals surface area contributed by atoms with Crippen molar-refractivity contribution in [3.63, 3.8) is 0 Å². The molecule has 0 aliphatic heterocycles. The van der Waals surface area contributed by atoms with E-state index in [1.807, 2.05) is 34.6 Å². The summed E-state index contributed by atoms with van der Waals surface area (Å²) in [7, 11) is 1.37. The molecule has 5 amide bonds. The van der Waals surface area contributed by atoms with E-state index in [2.05, 4.69) is 26.3 Å². The molecule has 1 rings (SSSR count). The fourth-order valence-corrected chi connectivity index (χ4v) is 7.08. The number of nitrogens with zero attached hydrogens (tertiary/aromatic N) is 2. The van der Waals surface area contributed by atoms with Crippen LogP contribution in [0.15, 0.2) is 16.3 Å². The molecular formula is C44H75N7O11. The number of likely N-dealkylation sites (N-methyl/N-ethyl adjacent to an activating group) is 1. The Bertz CT molecular complexity index is 1670. The van der Waals surface area contributed by atoms with Gasteiger partial charge in [-0.2, -0.15) is 0 Å². The van der Waals surface area contributed by atoms with Gasteiger partial charge in [0, 0.05) is 38.6 Å². The molecular weight excluding hydrogens is 803 g/mol. The zero-order valence-electron chi connectivity index (χ0n) is 39.1. The number of esters is 1. The van der Waals surface area contributed by atoms with Gasteiger partial charge in [0.1, 0.15) is 41.6 Å². The number of aliphatic hydroxyl groups excluding tert-OH is 1. The highest BCUT2D eigenvalue weighted by molar-refractivity contribution is 6.22. The number of Topliss-reactive ketones (excluding diaryl/α,β-unsaturated/α-hetero) is 1. The number of carboxylic acid groups (broad SMARTS) is 1. The number of hydrogen-bond donors (Lipinski definition) is 7. The van der Waals surface area contributed by atoms with Gasteiger partial charge in [-0.15, -0.1) is 0 Å². The second-order valence-electron chi connectivity index (χ2n) is 18.6. The van der Waals surface area contributed by atoms with Crippen LogP contribution < -0.4 is 27.0 Å². The quantitative estimate of drug-likeness (QED) is 0.0396. The molecule has 0 aromatic rings. The SMILES string of the molecule is CC[C@H](C)[C@@H](C(=O)O)N(C)C(=O)[C@H](CC(C)C)NC(=O)[C@H](C)NC(=O)[C@H](CC(=O)OC(C)(C)C)NC(=O)[C@H](CCCCN=C(C)C1=C(O)CC(C)(C)CC1=O)NC(=O)CCCN. The minimum Gasteiger partial charge on any atom is -0.511 e. The van der Waals surface area contributed by atoms with Gasteiger partial charge in [0.2, 0.25) is 29.5 Å². The summed E-state index contributed by atoms with van der Waals surface area (Å²) in [5.74, 6) is -6.20. The fraction of sp³-hybridized carbons (Fsp3) is 0.750. The van der Waals surface area contributed by atoms with Crippen molar-refractivity contribution in [2.45, 2.75) is 176 Å². The number of aliphatic carboxylic acids is 1. The van der Waals surface area contributed by atoms with Gasteiger partial charge >= 0.3 is 11.9 Å². The number of ether oxygens (including phenoxy) is 1. The number of carbonyl (C=O) groups excluding carboxylic acids is 7. The molecule has 0 heterocycles. The number of carbonyl (C=O) groups is 8. The highest BCUT2D eigenvalue weighted by Crippen LogP contribution is 2.36. The lowest BCUT2D eigenvalue weighted by Gasteiger charge is -2.33. The Hall–Kier alpha value is -4.87. The summed E-state index contributed by atoms with van der Waals surface area (Å²) < 4.78 is 5.43. The summed E-state index contributed by atoms with van der Waals surface area (Å²) in [5, 5.41) is 30.8. The van der Waals surface area contributed by atoms with Gasteiger partial charge in [-0.05, 0) is 90.5 Å². The molecule has 0 spiro atoms. The van der Waals surface area contributed by atoms with Crippen molar-refractivity contribution in [2.75, 3.05) is 20.1 Å². The molecule has 352 valence electrons. The summed E-state index contributed by atoms with van der Waals surface area (Å²) in [4.78, 5) is 111. The maximum Gasteiger partial charge on any atom is 0.326 e. The van der Waals surface area contributed by atoms with Crippen molar-refractivity contribution in [2.24, 2.45) is 28.0 Å². The van der Waals surface area contributed by atoms with E-state index in [4.69, 9.17) is 10.5 Å². The maximum atomic E-state index is 13.9. The van der Waals surface area contributed by atoms with Gasteiger partial charge in [-0.3, -0.25) is 38.6 Å². The first-order valence-corrected chi connectivity index (χ1v) is 21.7. The third kappa shape index (κ3) is 19.0. The number of aliphatic imine (C=N–C) groups is 1. The lowest BCUT2D eigenvalue weighted by atomic mass is 9.76. The number of allylic oxidation sites excluding steroid dienone is 2. The normalized spacial score (nSPS) is 17.2. The predicted octanol–water partition coefficient (Wildman–Crippen LogP) is 3.25. The molecule has 0 unspecified atom stereocenters. The van der Waals surface area contributed by atoms with Crippen LogP contribution in [0.1, 0.15) is 140 Å². The van der Waals surface area contributed by atoms with E-state index in [9.17, 15) is 48.6 Å². The monoisotopic (exact) mass is 878 g/mol. The number of unbranched alkanes of at least 4 members (excludes halogenated alkanes) is 1. The smallest absolute Gasteiger partial charge is 0.326 e. The second-order valence-corrected chi connectivity index (χ2v) is 18.6. The Balaban J connectivity index is 3.29. The van der Waals surface area contributed by atoms with Crippen molar-refractivity contribution in [1.29, 1.82) is 0 Å². The number of carboxylic acids is 1. The molecule has 0 aromatic carbocycles. The van der Waals surface area contributed by atoms with E-state index in [-0.39, 0.29) is 73.1 Å². The van der Waals surface area contributed by atoms with Crippen molar-refractivity contribution >= 4 is 53.0 Å². The van der Waals surface area contributed by atoms with Crippen LogP contribution in [0.5, 0.6) is 0 Å². The zero-order valence-corrected chi connectivity index (χ0v) is 39.1. The van der Waals surface area contributed by atoms with Crippen LogP contribution >= 0.6 is 0 Å². The maximum absolute atomic E-state index is 13.9. The molecule has 0 bridgehead atoms. The summed E-state index contributed by atoms with van der Waals surface area (Å²) in [5.41, 5.74) is 4.92. The Kier molecular flexibility index (Phi) is 22.5. The average Bonchev–Trinajstić information content (AvgIpc) is 3.13. The number of nitrogens with one attached hydrogen (secondary N) is 4. The minimum absolute atomic E-state index is 0.00541. The van der Waals surface area contributed by atoms with Crippen molar-refractivity contribution in [3.05, 3.63) is 11.3 Å². The van der Waals surface area contributed by atoms with E-state index in [0.717, 1.165) is 4.90 Å². The minimum atomic E-state index is -1.56. The molecule has 62 heavy (non-hydrogen) atoms. The van der Waals surface area contributed by atoms with Crippen LogP contribution in [-0.2, 0) is 43.1 Å². The highest BCUT2D eigenvalue weighted by atomic mass is 16.6. The molecule has 0 saturated carbocycles. The third-order valence-corrected chi connectivity index (χ3v) is 10.4. The standard InChI is InChI=1S/C44H75N7O11/c1-13-26(4)37(42(60)61)51(12)41(59)31(21-25(2)3)50-38(56)28(6)47-40(58)30(22-35(55)62-43(7,8)9)49-39(57)29(48-34(54)18-16-19-45)17-14-15-20-46-27(5)36-32(52)23-44(10,11)24-33(36)53/h25-26,28-31,37,52H,13-24,45H2,1-12H3,(H,47,58)(H,48,54)(H,49,57)(H,50,56)(H,60,61)/t26-,28-,29-,30-,31-,37-/m0/s1. The number of ketones is 1. The molecule has 1 aliphatic rings. The van der Waals surface area contributed by atoms with Gasteiger partial charge in [-0.1, -0.05) is 48.0 Å². The van der Waals surface area contributed by atoms with E-state index < -0.39 is 83.7 Å². The molecule has 0 aromatic heterocycles. The van der Waals surface area contributed by atoms with Crippen molar-refractivity contribution < 1.29 is 53.3 Å². The first kappa shape index (κ1) is 55.1. The number of aliphatic hydroxyl groups is 1. The summed E-state index contributed by atoms with van der Waals surface area (Å²) in [6, 6.07) is -6.27. The van der Waals surface area contributed by atoms with E-state index in [1.165, 1.54) is 14.0 Å². The highest BCUT2D eigenvalue weighted by Gasteiger charge is 2.37. The third-order valence-electron chi connectivity index (χ3n) is 10.4. The van der Waals surface area contributed by atoms with E-state index in [0.29, 0.717) is 37.8 Å². The number of nitrogens with two attached hydrogens (primary N) is 1. The lowest BCUT2D eigenvalue weighted by molar-refractivity contribution is -0.156. The first-order valence-electron chi connectivity index (χ1n) is 21.7. The predicted molar refractivity (Wildman–Crippen MR) is 235 cm³/mol. The van der Waals surface area contributed by atoms with Crippen LogP contribution in [0.25, 0.3) is 0 Å². The molecule has 8 N–H and O–H groups in total. The summed E-state index contributed by atoms with van der Waals surface area (Å²) in [6.45, 7) is 19.4. The Morgan fingerprint density at radius 3 is 2.02 bits per heavy atom. The van der Waals surface area contributed by atoms with Crippen molar-refractivity contribution in [3.8, 4) is 0 Å². The van der Waals surface area contributed by atoms with Gasteiger partial charge in [0.25, 0.3) is 0 Å². The fourth-order valence-electron chi connectivity index (χ4n) is 7.08. The molecule has 6 atom stereocenters. The molecule has 18 nitrogen and oxygen atoms in total. The summed E-state index contributed by atoms with van der Waals surface area (Å²) in [6.07, 6.45) is 1.97. The van der Waals surface area contributed by atoms with Crippen LogP contribution in [0.4, 0.5) is 0 Å². The van der Waals surface area contributed by atoms with Gasteiger partial charge in [0.15, 0.2) is 5.78 Å². The molecule has 0 saturated heterocycles. The Morgan fingerprint density at radius 1 is 0.887 bits per heavy atom. The van der Waals surface area contributed by atoms with Crippen LogP contribution in [-0.4, -0.2) is 124 Å². The Morgan fingerprint density at radius 2 is 1.48 bits per heavy atom. The van der Waals surface area contributed by atoms with Crippen LogP contribution in [0.2, 0.25) is 0 Å². The molecule has 0 fully saturated rings. The second kappa shape index (κ2) is 25.3. The molecule has 1 aliphatic carbocycles. The molecule has 18 heteroatoms. The van der Waals surface area contributed by atoms with Gasteiger partial charge in [0.05, 0.1) is 12.0 Å². The largest absolute Gasteiger partial charge is 0.511 e. The number of rotatable bonds is 25. The van der Waals surface area contributed by atoms with E-state index in [1.54, 1.807) is 34.6 Å². The van der Waals surface area contributed by atoms with Gasteiger partial charge < -0.3 is 46.9 Å². The van der Waals surface area contributed by atoms with Crippen LogP contribution in [0, 0.1) is 17.3 Å². The Labute approximate surface area is 367 Å². The average molecular weight is 878 g/mol. The summed E-state index contributed by atoms with van der Waals surface area (Å²) >= 11 is 0.